The monoisotopic (exact) mass is 440 g/mol. The summed E-state index contributed by atoms with van der Waals surface area (Å²) in [5, 5.41) is 10.5. The Kier molecular flexibility index (Phi) is 8.34. The number of rotatable bonds is 7. The van der Waals surface area contributed by atoms with E-state index in [2.05, 4.69) is 21.3 Å². The molecule has 170 valence electrons. The van der Waals surface area contributed by atoms with E-state index in [1.54, 1.807) is 63.2 Å². The van der Waals surface area contributed by atoms with Gasteiger partial charge < -0.3 is 26.0 Å². The maximum absolute atomic E-state index is 12.4. The van der Waals surface area contributed by atoms with Gasteiger partial charge in [0.25, 0.3) is 5.91 Å². The molecule has 0 heterocycles. The lowest BCUT2D eigenvalue weighted by Gasteiger charge is -2.19. The van der Waals surface area contributed by atoms with Crippen LogP contribution in [0.25, 0.3) is 0 Å². The second-order valence-electron chi connectivity index (χ2n) is 8.05. The van der Waals surface area contributed by atoms with Crippen molar-refractivity contribution >= 4 is 35.2 Å². The summed E-state index contributed by atoms with van der Waals surface area (Å²) in [5.41, 5.74) is 1.60. The average molecular weight is 441 g/mol. The number of nitrogens with one attached hydrogen (secondary N) is 4. The number of anilines is 2. The predicted octanol–water partition coefficient (Wildman–Crippen LogP) is 3.04. The van der Waals surface area contributed by atoms with Crippen LogP contribution in [-0.4, -0.2) is 36.0 Å². The third-order valence-electron chi connectivity index (χ3n) is 3.90. The third kappa shape index (κ3) is 8.86. The minimum Gasteiger partial charge on any atom is -0.444 e. The van der Waals surface area contributed by atoms with E-state index in [4.69, 9.17) is 4.74 Å². The van der Waals surface area contributed by atoms with Crippen molar-refractivity contribution in [3.05, 3.63) is 59.7 Å². The van der Waals surface area contributed by atoms with Crippen LogP contribution in [-0.2, 0) is 20.9 Å². The van der Waals surface area contributed by atoms with Crippen LogP contribution in [0.3, 0.4) is 0 Å². The Morgan fingerprint density at radius 3 is 2.19 bits per heavy atom. The van der Waals surface area contributed by atoms with Crippen LogP contribution in [0.2, 0.25) is 0 Å². The van der Waals surface area contributed by atoms with Crippen molar-refractivity contribution in [2.45, 2.75) is 39.8 Å². The van der Waals surface area contributed by atoms with Crippen LogP contribution >= 0.6 is 0 Å². The molecular weight excluding hydrogens is 412 g/mol. The molecule has 0 saturated carbocycles. The number of alkyl carbamates (subject to hydrolysis) is 1. The van der Waals surface area contributed by atoms with Gasteiger partial charge in [-0.15, -0.1) is 0 Å². The van der Waals surface area contributed by atoms with E-state index >= 15 is 0 Å². The smallest absolute Gasteiger partial charge is 0.408 e. The highest BCUT2D eigenvalue weighted by atomic mass is 16.6. The van der Waals surface area contributed by atoms with Crippen LogP contribution in [0.15, 0.2) is 48.5 Å². The molecule has 0 unspecified atom stereocenters. The molecule has 0 aromatic heterocycles. The van der Waals surface area contributed by atoms with Gasteiger partial charge in [-0.05, 0) is 56.7 Å². The molecule has 0 saturated heterocycles. The molecule has 0 aliphatic rings. The summed E-state index contributed by atoms with van der Waals surface area (Å²) in [6, 6.07) is 13.6. The summed E-state index contributed by atoms with van der Waals surface area (Å²) in [5.74, 6) is -0.928. The van der Waals surface area contributed by atoms with E-state index in [1.165, 1.54) is 6.92 Å². The SMILES string of the molecule is CC(=O)Nc1cccc(C(=O)NCc2cccc(NC(=O)CNC(=O)OC(C)(C)C)c2)c1. The van der Waals surface area contributed by atoms with Crippen molar-refractivity contribution in [1.29, 1.82) is 0 Å². The van der Waals surface area contributed by atoms with Crippen LogP contribution in [0.1, 0.15) is 43.6 Å². The van der Waals surface area contributed by atoms with Crippen molar-refractivity contribution < 1.29 is 23.9 Å². The molecule has 0 aliphatic carbocycles. The fraction of sp³-hybridized carbons (Fsp3) is 0.304. The first-order valence-corrected chi connectivity index (χ1v) is 10.0. The van der Waals surface area contributed by atoms with Crippen molar-refractivity contribution in [3.8, 4) is 0 Å². The fourth-order valence-electron chi connectivity index (χ4n) is 2.66. The van der Waals surface area contributed by atoms with Gasteiger partial charge in [-0.1, -0.05) is 18.2 Å². The summed E-state index contributed by atoms with van der Waals surface area (Å²) in [6.07, 6.45) is -0.674. The fourth-order valence-corrected chi connectivity index (χ4v) is 2.66. The van der Waals surface area contributed by atoms with Gasteiger partial charge in [0.15, 0.2) is 0 Å². The maximum Gasteiger partial charge on any atom is 0.408 e. The van der Waals surface area contributed by atoms with Crippen LogP contribution in [0.5, 0.6) is 0 Å². The number of benzene rings is 2. The normalized spacial score (nSPS) is 10.6. The Bertz CT molecular complexity index is 998. The molecule has 9 nitrogen and oxygen atoms in total. The van der Waals surface area contributed by atoms with Gasteiger partial charge in [-0.25, -0.2) is 4.79 Å². The second-order valence-corrected chi connectivity index (χ2v) is 8.05. The van der Waals surface area contributed by atoms with E-state index in [-0.39, 0.29) is 24.9 Å². The summed E-state index contributed by atoms with van der Waals surface area (Å²) < 4.78 is 5.08. The third-order valence-corrected chi connectivity index (χ3v) is 3.90. The number of hydrogen-bond acceptors (Lipinski definition) is 5. The summed E-state index contributed by atoms with van der Waals surface area (Å²) in [4.78, 5) is 47.3. The highest BCUT2D eigenvalue weighted by molar-refractivity contribution is 5.97. The number of carbonyl (C=O) groups excluding carboxylic acids is 4. The zero-order valence-electron chi connectivity index (χ0n) is 18.6. The molecule has 9 heteroatoms. The second kappa shape index (κ2) is 10.9. The Morgan fingerprint density at radius 2 is 1.53 bits per heavy atom. The molecule has 2 rings (SSSR count). The van der Waals surface area contributed by atoms with Crippen molar-refractivity contribution in [3.63, 3.8) is 0 Å². The minimum absolute atomic E-state index is 0.220. The van der Waals surface area contributed by atoms with Gasteiger partial charge in [0.2, 0.25) is 11.8 Å². The maximum atomic E-state index is 12.4. The zero-order valence-corrected chi connectivity index (χ0v) is 18.6. The van der Waals surface area contributed by atoms with E-state index in [0.717, 1.165) is 5.56 Å². The molecule has 4 N–H and O–H groups in total. The lowest BCUT2D eigenvalue weighted by molar-refractivity contribution is -0.115. The van der Waals surface area contributed by atoms with Gasteiger partial charge in [0.1, 0.15) is 12.1 Å². The number of carbonyl (C=O) groups is 4. The van der Waals surface area contributed by atoms with E-state index in [0.29, 0.717) is 16.9 Å². The number of amides is 4. The van der Waals surface area contributed by atoms with Gasteiger partial charge in [0.05, 0.1) is 0 Å². The summed E-state index contributed by atoms with van der Waals surface area (Å²) in [6.45, 7) is 6.60. The standard InChI is InChI=1S/C23H28N4O5/c1-15(28)26-19-10-6-8-17(12-19)21(30)24-13-16-7-5-9-18(11-16)27-20(29)14-25-22(31)32-23(2,3)4/h5-12H,13-14H2,1-4H3,(H,24,30)(H,25,31)(H,26,28)(H,27,29). The zero-order chi connectivity index (χ0) is 23.7. The first-order valence-electron chi connectivity index (χ1n) is 10.0. The molecule has 4 amide bonds. The Labute approximate surface area is 186 Å². The quantitative estimate of drug-likeness (QED) is 0.527. The average Bonchev–Trinajstić information content (AvgIpc) is 2.69. The molecule has 0 bridgehead atoms. The molecule has 0 fully saturated rings. The van der Waals surface area contributed by atoms with E-state index in [1.807, 2.05) is 6.07 Å². The topological polar surface area (TPSA) is 126 Å². The highest BCUT2D eigenvalue weighted by Crippen LogP contribution is 2.13. The lowest BCUT2D eigenvalue weighted by atomic mass is 10.1. The minimum atomic E-state index is -0.674. The molecule has 0 atom stereocenters. The van der Waals surface area contributed by atoms with Crippen LogP contribution < -0.4 is 21.3 Å². The first-order chi connectivity index (χ1) is 15.0. The van der Waals surface area contributed by atoms with Crippen molar-refractivity contribution in [2.24, 2.45) is 0 Å². The van der Waals surface area contributed by atoms with E-state index < -0.39 is 17.6 Å². The van der Waals surface area contributed by atoms with Crippen LogP contribution in [0, 0.1) is 0 Å². The molecule has 2 aromatic rings. The van der Waals surface area contributed by atoms with Crippen molar-refractivity contribution in [1.82, 2.24) is 10.6 Å². The van der Waals surface area contributed by atoms with Crippen molar-refractivity contribution in [2.75, 3.05) is 17.2 Å². The Morgan fingerprint density at radius 1 is 0.875 bits per heavy atom. The van der Waals surface area contributed by atoms with E-state index in [9.17, 15) is 19.2 Å². The number of ether oxygens (including phenoxy) is 1. The molecule has 0 radical (unpaired) electrons. The van der Waals surface area contributed by atoms with Gasteiger partial charge >= 0.3 is 6.09 Å². The summed E-state index contributed by atoms with van der Waals surface area (Å²) >= 11 is 0. The number of hydrogen-bond donors (Lipinski definition) is 4. The molecular formula is C23H28N4O5. The molecule has 32 heavy (non-hydrogen) atoms. The van der Waals surface area contributed by atoms with Gasteiger partial charge in [-0.2, -0.15) is 0 Å². The highest BCUT2D eigenvalue weighted by Gasteiger charge is 2.16. The van der Waals surface area contributed by atoms with Crippen LogP contribution in [0.4, 0.5) is 16.2 Å². The summed E-state index contributed by atoms with van der Waals surface area (Å²) in [7, 11) is 0. The largest absolute Gasteiger partial charge is 0.444 e. The Hall–Kier alpha value is -3.88. The van der Waals surface area contributed by atoms with Gasteiger partial charge in [-0.3, -0.25) is 14.4 Å². The van der Waals surface area contributed by atoms with Gasteiger partial charge in [0, 0.05) is 30.4 Å². The molecule has 0 aliphatic heterocycles. The first kappa shape index (κ1) is 24.4. The molecule has 0 spiro atoms. The predicted molar refractivity (Wildman–Crippen MR) is 121 cm³/mol. The molecule has 2 aromatic carbocycles. The lowest BCUT2D eigenvalue weighted by Crippen LogP contribution is -2.37. The Balaban J connectivity index is 1.87.